The summed E-state index contributed by atoms with van der Waals surface area (Å²) < 4.78 is 49.3. The van der Waals surface area contributed by atoms with Crippen LogP contribution in [0, 0.1) is 11.6 Å². The van der Waals surface area contributed by atoms with E-state index >= 15 is 0 Å². The van der Waals surface area contributed by atoms with Gasteiger partial charge in [-0.1, -0.05) is 11.6 Å². The molecule has 2 aromatic carbocycles. The number of amides is 1. The fraction of sp³-hybridized carbons (Fsp3) is 0.0714. The lowest BCUT2D eigenvalue weighted by molar-refractivity contribution is 0.102. The van der Waals surface area contributed by atoms with Crippen LogP contribution in [0.4, 0.5) is 14.5 Å². The van der Waals surface area contributed by atoms with Crippen molar-refractivity contribution in [2.24, 2.45) is 0 Å². The van der Waals surface area contributed by atoms with E-state index < -0.39 is 27.4 Å². The fourth-order valence-corrected chi connectivity index (χ4v) is 3.06. The molecule has 0 radical (unpaired) electrons. The molecule has 0 fully saturated rings. The summed E-state index contributed by atoms with van der Waals surface area (Å²) in [4.78, 5) is 11.8. The van der Waals surface area contributed by atoms with Crippen molar-refractivity contribution < 1.29 is 22.0 Å². The molecular formula is C14H10ClF2NO3S. The van der Waals surface area contributed by atoms with Crippen molar-refractivity contribution in [3.05, 3.63) is 58.6 Å². The first-order chi connectivity index (χ1) is 10.2. The molecule has 0 heterocycles. The highest BCUT2D eigenvalue weighted by atomic mass is 35.5. The van der Waals surface area contributed by atoms with Gasteiger partial charge in [0.05, 0.1) is 9.92 Å². The molecule has 1 amide bonds. The number of benzene rings is 2. The smallest absolute Gasteiger partial charge is 0.255 e. The summed E-state index contributed by atoms with van der Waals surface area (Å²) in [6.45, 7) is 0. The highest BCUT2D eigenvalue weighted by Gasteiger charge is 2.16. The maximum atomic E-state index is 13.1. The van der Waals surface area contributed by atoms with Crippen LogP contribution in [-0.2, 0) is 9.84 Å². The molecule has 8 heteroatoms. The van der Waals surface area contributed by atoms with Crippen LogP contribution in [0.3, 0.4) is 0 Å². The number of nitrogens with one attached hydrogen (secondary N) is 1. The Bertz CT molecular complexity index is 833. The van der Waals surface area contributed by atoms with Gasteiger partial charge in [0.25, 0.3) is 5.91 Å². The Morgan fingerprint density at radius 2 is 1.68 bits per heavy atom. The van der Waals surface area contributed by atoms with Gasteiger partial charge in [0.15, 0.2) is 9.84 Å². The molecule has 0 unspecified atom stereocenters. The quantitative estimate of drug-likeness (QED) is 0.928. The van der Waals surface area contributed by atoms with Crippen LogP contribution < -0.4 is 5.32 Å². The first-order valence-corrected chi connectivity index (χ1v) is 8.21. The molecular weight excluding hydrogens is 336 g/mol. The largest absolute Gasteiger partial charge is 0.322 e. The number of carbonyl (C=O) groups excluding carboxylic acids is 1. The third-order valence-electron chi connectivity index (χ3n) is 2.71. The minimum absolute atomic E-state index is 0.00510. The molecule has 1 N–H and O–H groups in total. The topological polar surface area (TPSA) is 63.2 Å². The number of halogens is 3. The van der Waals surface area contributed by atoms with Crippen LogP contribution in [-0.4, -0.2) is 20.6 Å². The molecule has 0 aliphatic carbocycles. The summed E-state index contributed by atoms with van der Waals surface area (Å²) in [7, 11) is -3.61. The van der Waals surface area contributed by atoms with Crippen LogP contribution >= 0.6 is 11.6 Å². The van der Waals surface area contributed by atoms with Gasteiger partial charge >= 0.3 is 0 Å². The van der Waals surface area contributed by atoms with Crippen LogP contribution in [0.1, 0.15) is 10.4 Å². The maximum absolute atomic E-state index is 13.1. The Morgan fingerprint density at radius 3 is 2.23 bits per heavy atom. The van der Waals surface area contributed by atoms with Crippen molar-refractivity contribution in [2.45, 2.75) is 4.90 Å². The summed E-state index contributed by atoms with van der Waals surface area (Å²) >= 11 is 5.78. The molecule has 0 aliphatic rings. The standard InChI is InChI=1S/C14H10ClF2NO3S/c1-22(20,21)13-4-8(2-3-12(13)15)14(19)18-11-6-9(16)5-10(17)7-11/h2-7H,1H3,(H,18,19). The molecule has 0 bridgehead atoms. The zero-order valence-corrected chi connectivity index (χ0v) is 12.8. The minimum Gasteiger partial charge on any atom is -0.322 e. The lowest BCUT2D eigenvalue weighted by Crippen LogP contribution is -2.13. The van der Waals surface area contributed by atoms with Crippen LogP contribution in [0.15, 0.2) is 41.3 Å². The molecule has 2 aromatic rings. The van der Waals surface area contributed by atoms with Crippen molar-refractivity contribution >= 4 is 33.0 Å². The number of hydrogen-bond donors (Lipinski definition) is 1. The van der Waals surface area contributed by atoms with Gasteiger partial charge in [-0.15, -0.1) is 0 Å². The van der Waals surface area contributed by atoms with E-state index in [0.717, 1.165) is 24.5 Å². The average molecular weight is 346 g/mol. The minimum atomic E-state index is -3.61. The highest BCUT2D eigenvalue weighted by molar-refractivity contribution is 7.90. The van der Waals surface area contributed by atoms with Crippen molar-refractivity contribution in [3.8, 4) is 0 Å². The number of rotatable bonds is 3. The lowest BCUT2D eigenvalue weighted by Gasteiger charge is -2.08. The van der Waals surface area contributed by atoms with Gasteiger partial charge in [0.1, 0.15) is 11.6 Å². The zero-order chi connectivity index (χ0) is 16.5. The second-order valence-corrected chi connectivity index (χ2v) is 6.92. The van der Waals surface area contributed by atoms with Crippen LogP contribution in [0.5, 0.6) is 0 Å². The molecule has 0 aromatic heterocycles. The SMILES string of the molecule is CS(=O)(=O)c1cc(C(=O)Nc2cc(F)cc(F)c2)ccc1Cl. The van der Waals surface area contributed by atoms with Crippen molar-refractivity contribution in [1.29, 1.82) is 0 Å². The normalized spacial score (nSPS) is 11.3. The monoisotopic (exact) mass is 345 g/mol. The van der Waals surface area contributed by atoms with E-state index in [-0.39, 0.29) is 21.2 Å². The first-order valence-electron chi connectivity index (χ1n) is 5.94. The van der Waals surface area contributed by atoms with Gasteiger partial charge < -0.3 is 5.32 Å². The van der Waals surface area contributed by atoms with E-state index in [4.69, 9.17) is 11.6 Å². The number of anilines is 1. The summed E-state index contributed by atoms with van der Waals surface area (Å²) in [5.41, 5.74) is -0.0900. The number of carbonyl (C=O) groups is 1. The van der Waals surface area contributed by atoms with Crippen molar-refractivity contribution in [3.63, 3.8) is 0 Å². The van der Waals surface area contributed by atoms with Gasteiger partial charge in [-0.2, -0.15) is 0 Å². The lowest BCUT2D eigenvalue weighted by atomic mass is 10.2. The second kappa shape index (κ2) is 6.02. The molecule has 0 spiro atoms. The van der Waals surface area contributed by atoms with E-state index in [1.807, 2.05) is 0 Å². The number of sulfone groups is 1. The summed E-state index contributed by atoms with van der Waals surface area (Å²) in [5, 5.41) is 2.26. The fourth-order valence-electron chi connectivity index (χ4n) is 1.76. The molecule has 22 heavy (non-hydrogen) atoms. The van der Waals surface area contributed by atoms with E-state index in [1.54, 1.807) is 0 Å². The van der Waals surface area contributed by atoms with E-state index in [2.05, 4.69) is 5.32 Å². The summed E-state index contributed by atoms with van der Waals surface area (Å²) in [5.74, 6) is -2.40. The first kappa shape index (κ1) is 16.4. The predicted octanol–water partition coefficient (Wildman–Crippen LogP) is 3.27. The van der Waals surface area contributed by atoms with Crippen LogP contribution in [0.2, 0.25) is 5.02 Å². The van der Waals surface area contributed by atoms with E-state index in [9.17, 15) is 22.0 Å². The third-order valence-corrected chi connectivity index (χ3v) is 4.29. The van der Waals surface area contributed by atoms with Crippen molar-refractivity contribution in [2.75, 3.05) is 11.6 Å². The van der Waals surface area contributed by atoms with Gasteiger partial charge in [0.2, 0.25) is 0 Å². The van der Waals surface area contributed by atoms with E-state index in [0.29, 0.717) is 6.07 Å². The highest BCUT2D eigenvalue weighted by Crippen LogP contribution is 2.23. The average Bonchev–Trinajstić information content (AvgIpc) is 2.36. The summed E-state index contributed by atoms with van der Waals surface area (Å²) in [6, 6.07) is 6.21. The van der Waals surface area contributed by atoms with Gasteiger partial charge in [-0.05, 0) is 30.3 Å². The Kier molecular flexibility index (Phi) is 4.48. The number of hydrogen-bond acceptors (Lipinski definition) is 3. The Hall–Kier alpha value is -1.99. The van der Waals surface area contributed by atoms with Gasteiger partial charge in [-0.3, -0.25) is 4.79 Å². The molecule has 2 rings (SSSR count). The molecule has 0 aliphatic heterocycles. The van der Waals surface area contributed by atoms with Crippen molar-refractivity contribution in [1.82, 2.24) is 0 Å². The molecule has 4 nitrogen and oxygen atoms in total. The molecule has 0 atom stereocenters. The maximum Gasteiger partial charge on any atom is 0.255 e. The molecule has 0 saturated heterocycles. The Morgan fingerprint density at radius 1 is 1.09 bits per heavy atom. The molecule has 116 valence electrons. The van der Waals surface area contributed by atoms with E-state index in [1.165, 1.54) is 12.1 Å². The Balaban J connectivity index is 2.34. The third kappa shape index (κ3) is 3.80. The summed E-state index contributed by atoms with van der Waals surface area (Å²) in [6.07, 6.45) is 0.956. The predicted molar refractivity (Wildman–Crippen MR) is 78.9 cm³/mol. The van der Waals surface area contributed by atoms with Crippen LogP contribution in [0.25, 0.3) is 0 Å². The molecule has 0 saturated carbocycles. The van der Waals surface area contributed by atoms with Gasteiger partial charge in [-0.25, -0.2) is 17.2 Å². The van der Waals surface area contributed by atoms with Gasteiger partial charge in [0, 0.05) is 23.6 Å². The Labute approximate surface area is 130 Å². The second-order valence-electron chi connectivity index (χ2n) is 4.53. The zero-order valence-electron chi connectivity index (χ0n) is 11.2.